The fourth-order valence-electron chi connectivity index (χ4n) is 3.62. The van der Waals surface area contributed by atoms with E-state index in [4.69, 9.17) is 16.3 Å². The Morgan fingerprint density at radius 1 is 0.935 bits per heavy atom. The number of fused-ring (bicyclic) bond motifs is 2. The van der Waals surface area contributed by atoms with Gasteiger partial charge in [-0.3, -0.25) is 18.4 Å². The van der Waals surface area contributed by atoms with Crippen molar-refractivity contribution in [3.63, 3.8) is 0 Å². The molecule has 0 bridgehead atoms. The lowest BCUT2D eigenvalue weighted by molar-refractivity contribution is 0.322. The molecule has 8 nitrogen and oxygen atoms in total. The van der Waals surface area contributed by atoms with E-state index in [0.29, 0.717) is 52.6 Å². The van der Waals surface area contributed by atoms with Gasteiger partial charge in [0.15, 0.2) is 22.8 Å². The van der Waals surface area contributed by atoms with Crippen molar-refractivity contribution in [2.75, 3.05) is 12.5 Å². The first kappa shape index (κ1) is 20.9. The minimum absolute atomic E-state index is 0.0540. The second-order valence-corrected chi connectivity index (χ2v) is 7.53. The van der Waals surface area contributed by atoms with E-state index in [-0.39, 0.29) is 29.1 Å². The summed E-state index contributed by atoms with van der Waals surface area (Å²) in [6, 6.07) is 6.52. The van der Waals surface area contributed by atoms with Gasteiger partial charge in [-0.1, -0.05) is 0 Å². The molecule has 0 saturated carbocycles. The van der Waals surface area contributed by atoms with E-state index in [1.54, 1.807) is 44.4 Å². The number of pyridine rings is 2. The van der Waals surface area contributed by atoms with Gasteiger partial charge in [0, 0.05) is 47.2 Å². The van der Waals surface area contributed by atoms with Crippen LogP contribution >= 0.6 is 11.6 Å². The molecule has 0 aliphatic rings. The van der Waals surface area contributed by atoms with Gasteiger partial charge in [0.2, 0.25) is 0 Å². The number of halogens is 1. The first-order valence-corrected chi connectivity index (χ1v) is 10.3. The van der Waals surface area contributed by atoms with E-state index >= 15 is 0 Å². The number of ether oxygens (including phenoxy) is 1. The van der Waals surface area contributed by atoms with E-state index in [1.807, 2.05) is 0 Å². The molecule has 4 aromatic heterocycles. The Kier molecular flexibility index (Phi) is 5.65. The maximum atomic E-state index is 12.8. The van der Waals surface area contributed by atoms with Gasteiger partial charge in [-0.15, -0.1) is 11.6 Å². The number of aromatic nitrogens is 4. The highest BCUT2D eigenvalue weighted by molar-refractivity contribution is 6.18. The Morgan fingerprint density at radius 2 is 1.52 bits per heavy atom. The van der Waals surface area contributed by atoms with Crippen LogP contribution in [0.5, 0.6) is 11.5 Å². The molecular weight excluding hydrogens is 420 g/mol. The quantitative estimate of drug-likeness (QED) is 0.462. The van der Waals surface area contributed by atoms with Crippen molar-refractivity contribution in [3.05, 3.63) is 79.9 Å². The number of hydrogen-bond acceptors (Lipinski definition) is 6. The zero-order valence-electron chi connectivity index (χ0n) is 17.1. The molecule has 0 aromatic carbocycles. The largest absolute Gasteiger partial charge is 0.504 e. The molecule has 0 aliphatic heterocycles. The fourth-order valence-corrected chi connectivity index (χ4v) is 3.80. The molecule has 0 unspecified atom stereocenters. The van der Waals surface area contributed by atoms with Crippen LogP contribution in [0.1, 0.15) is 22.5 Å². The third-order valence-electron chi connectivity index (χ3n) is 5.21. The number of rotatable bonds is 6. The summed E-state index contributed by atoms with van der Waals surface area (Å²) in [6.45, 7) is 3.70. The van der Waals surface area contributed by atoms with E-state index in [2.05, 4.69) is 9.97 Å². The lowest BCUT2D eigenvalue weighted by Crippen LogP contribution is -2.24. The van der Waals surface area contributed by atoms with Crippen molar-refractivity contribution in [1.29, 1.82) is 0 Å². The molecule has 160 valence electrons. The summed E-state index contributed by atoms with van der Waals surface area (Å²) in [4.78, 5) is 34.5. The van der Waals surface area contributed by atoms with Crippen LogP contribution in [-0.2, 0) is 12.8 Å². The van der Waals surface area contributed by atoms with Gasteiger partial charge in [0.25, 0.3) is 11.1 Å². The van der Waals surface area contributed by atoms with Crippen molar-refractivity contribution < 1.29 is 9.84 Å². The van der Waals surface area contributed by atoms with Crippen LogP contribution in [0.2, 0.25) is 0 Å². The molecule has 0 saturated heterocycles. The van der Waals surface area contributed by atoms with Crippen LogP contribution in [0.15, 0.2) is 46.2 Å². The molecule has 31 heavy (non-hydrogen) atoms. The number of aromatic hydroxyl groups is 1. The summed E-state index contributed by atoms with van der Waals surface area (Å²) in [5.41, 5.74) is 2.44. The zero-order valence-corrected chi connectivity index (χ0v) is 17.9. The van der Waals surface area contributed by atoms with Crippen LogP contribution < -0.4 is 15.9 Å². The van der Waals surface area contributed by atoms with E-state index in [9.17, 15) is 14.7 Å². The third kappa shape index (κ3) is 3.74. The van der Waals surface area contributed by atoms with Crippen molar-refractivity contribution in [3.8, 4) is 11.5 Å². The second kappa shape index (κ2) is 8.39. The fraction of sp³-hybridized carbons (Fsp3) is 0.273. The minimum Gasteiger partial charge on any atom is -0.504 e. The van der Waals surface area contributed by atoms with Gasteiger partial charge in [-0.05, 0) is 44.5 Å². The Labute approximate surface area is 182 Å². The molecule has 9 heteroatoms. The van der Waals surface area contributed by atoms with Crippen molar-refractivity contribution >= 4 is 22.9 Å². The van der Waals surface area contributed by atoms with Gasteiger partial charge < -0.3 is 9.84 Å². The maximum absolute atomic E-state index is 12.8. The highest BCUT2D eigenvalue weighted by atomic mass is 35.5. The second-order valence-electron chi connectivity index (χ2n) is 7.15. The van der Waals surface area contributed by atoms with Crippen molar-refractivity contribution in [2.45, 2.75) is 26.7 Å². The number of alkyl halides is 1. The molecular formula is C22H21ClN4O4. The molecule has 0 fully saturated rings. The molecule has 4 rings (SSSR count). The smallest absolute Gasteiger partial charge is 0.261 e. The molecule has 4 aromatic rings. The molecule has 0 spiro atoms. The molecule has 0 aliphatic carbocycles. The lowest BCUT2D eigenvalue weighted by atomic mass is 10.1. The maximum Gasteiger partial charge on any atom is 0.261 e. The van der Waals surface area contributed by atoms with Crippen LogP contribution in [0.3, 0.4) is 0 Å². The summed E-state index contributed by atoms with van der Waals surface area (Å²) in [7, 11) is 0. The summed E-state index contributed by atoms with van der Waals surface area (Å²) >= 11 is 5.81. The summed E-state index contributed by atoms with van der Waals surface area (Å²) in [6.07, 6.45) is 3.97. The van der Waals surface area contributed by atoms with Crippen LogP contribution in [0.4, 0.5) is 0 Å². The van der Waals surface area contributed by atoms with Crippen LogP contribution in [-0.4, -0.2) is 36.4 Å². The Hall–Kier alpha value is -3.39. The number of aryl methyl sites for hydroxylation is 2. The van der Waals surface area contributed by atoms with Gasteiger partial charge in [0.05, 0.1) is 6.61 Å². The monoisotopic (exact) mass is 440 g/mol. The predicted octanol–water partition coefficient (Wildman–Crippen LogP) is 2.43. The van der Waals surface area contributed by atoms with Crippen molar-refractivity contribution in [2.24, 2.45) is 0 Å². The summed E-state index contributed by atoms with van der Waals surface area (Å²) < 4.78 is 8.67. The number of nitrogens with zero attached hydrogens (tertiary/aromatic N) is 4. The Balaban J connectivity index is 1.64. The first-order valence-electron chi connectivity index (χ1n) is 9.81. The standard InChI is InChI=1S/C22H21ClN4O4/c1-13-15(7-9-23)21(29)27-11-4-6-18(20(27)25-13)31-12-8-16-14(2)24-19-17(28)5-3-10-26(19)22(16)30/h3-6,10-11,28H,7-9,12H2,1-2H3. The van der Waals surface area contributed by atoms with Crippen LogP contribution in [0, 0.1) is 13.8 Å². The number of hydrogen-bond donors (Lipinski definition) is 1. The molecule has 0 amide bonds. The van der Waals surface area contributed by atoms with Crippen molar-refractivity contribution in [1.82, 2.24) is 18.8 Å². The minimum atomic E-state index is -0.254. The van der Waals surface area contributed by atoms with Gasteiger partial charge in [0.1, 0.15) is 0 Å². The molecule has 1 N–H and O–H groups in total. The predicted molar refractivity (Wildman–Crippen MR) is 118 cm³/mol. The van der Waals surface area contributed by atoms with E-state index in [1.165, 1.54) is 14.9 Å². The summed E-state index contributed by atoms with van der Waals surface area (Å²) in [5, 5.41) is 9.95. The Morgan fingerprint density at radius 3 is 2.19 bits per heavy atom. The van der Waals surface area contributed by atoms with E-state index < -0.39 is 0 Å². The normalized spacial score (nSPS) is 11.3. The topological polar surface area (TPSA) is 98.2 Å². The zero-order chi connectivity index (χ0) is 22.1. The first-order chi connectivity index (χ1) is 14.9. The average Bonchev–Trinajstić information content (AvgIpc) is 2.74. The average molecular weight is 441 g/mol. The van der Waals surface area contributed by atoms with Gasteiger partial charge >= 0.3 is 0 Å². The SMILES string of the molecule is Cc1nc2c(O)cccn2c(=O)c1CCOc1cccn2c(=O)c(CCCl)c(C)nc12. The van der Waals surface area contributed by atoms with Gasteiger partial charge in [-0.25, -0.2) is 9.97 Å². The third-order valence-corrected chi connectivity index (χ3v) is 5.40. The molecule has 0 radical (unpaired) electrons. The summed E-state index contributed by atoms with van der Waals surface area (Å²) in [5.74, 6) is 0.734. The lowest BCUT2D eigenvalue weighted by Gasteiger charge is -2.12. The highest BCUT2D eigenvalue weighted by Crippen LogP contribution is 2.19. The molecule has 4 heterocycles. The van der Waals surface area contributed by atoms with Crippen LogP contribution in [0.25, 0.3) is 11.3 Å². The van der Waals surface area contributed by atoms with E-state index in [0.717, 1.165) is 0 Å². The van der Waals surface area contributed by atoms with Gasteiger partial charge in [-0.2, -0.15) is 0 Å². The highest BCUT2D eigenvalue weighted by Gasteiger charge is 2.14. The molecule has 0 atom stereocenters. The Bertz CT molecular complexity index is 1410.